The molecular weight excluding hydrogens is 303 g/mol. The van der Waals surface area contributed by atoms with E-state index in [1.54, 1.807) is 18.7 Å². The van der Waals surface area contributed by atoms with Gasteiger partial charge in [0.2, 0.25) is 0 Å². The van der Waals surface area contributed by atoms with Gasteiger partial charge in [0, 0.05) is 31.1 Å². The van der Waals surface area contributed by atoms with Crippen molar-refractivity contribution in [2.45, 2.75) is 32.7 Å². The number of benzene rings is 1. The lowest BCUT2D eigenvalue weighted by Crippen LogP contribution is -2.32. The maximum atomic E-state index is 13.6. The summed E-state index contributed by atoms with van der Waals surface area (Å²) in [6, 6.07) is 1.83. The number of carboxylic acid groups (broad SMARTS) is 1. The van der Waals surface area contributed by atoms with Crippen molar-refractivity contribution >= 4 is 28.9 Å². The van der Waals surface area contributed by atoms with E-state index in [4.69, 9.17) is 16.7 Å². The number of halogens is 2. The van der Waals surface area contributed by atoms with Gasteiger partial charge in [-0.25, -0.2) is 4.39 Å². The number of rotatable bonds is 7. The zero-order valence-electron chi connectivity index (χ0n) is 11.7. The summed E-state index contributed by atoms with van der Waals surface area (Å²) in [5.74, 6) is -1.70. The number of carbonyl (C=O) groups is 1. The number of aliphatic carboxylic acids is 1. The van der Waals surface area contributed by atoms with Gasteiger partial charge in [-0.15, -0.1) is 0 Å². The fourth-order valence-corrected chi connectivity index (χ4v) is 2.12. The first-order chi connectivity index (χ1) is 9.73. The summed E-state index contributed by atoms with van der Waals surface area (Å²) in [5.41, 5.74) is -0.201. The topological polar surface area (TPSA) is 83.7 Å². The summed E-state index contributed by atoms with van der Waals surface area (Å²) in [4.78, 5) is 22.6. The van der Waals surface area contributed by atoms with Crippen LogP contribution in [0.5, 0.6) is 0 Å². The predicted molar refractivity (Wildman–Crippen MR) is 77.4 cm³/mol. The molecule has 0 heterocycles. The Hall–Kier alpha value is -1.89. The molecule has 8 heteroatoms. The van der Waals surface area contributed by atoms with E-state index in [-0.39, 0.29) is 35.4 Å². The number of hydrogen-bond donors (Lipinski definition) is 1. The molecule has 0 radical (unpaired) electrons. The zero-order chi connectivity index (χ0) is 16.2. The maximum Gasteiger partial charge on any atom is 0.303 e. The molecule has 1 rings (SSSR count). The Morgan fingerprint density at radius 3 is 2.62 bits per heavy atom. The van der Waals surface area contributed by atoms with Crippen LogP contribution in [0.3, 0.4) is 0 Å². The Morgan fingerprint density at radius 1 is 1.52 bits per heavy atom. The Kier molecular flexibility index (Phi) is 5.90. The summed E-state index contributed by atoms with van der Waals surface area (Å²) >= 11 is 5.58. The molecule has 116 valence electrons. The van der Waals surface area contributed by atoms with Gasteiger partial charge in [-0.2, -0.15) is 0 Å². The van der Waals surface area contributed by atoms with Crippen molar-refractivity contribution in [2.24, 2.45) is 0 Å². The van der Waals surface area contributed by atoms with Gasteiger partial charge in [-0.05, 0) is 20.3 Å². The molecule has 1 N–H and O–H groups in total. The third-order valence-corrected chi connectivity index (χ3v) is 3.23. The molecule has 0 unspecified atom stereocenters. The normalized spacial score (nSPS) is 10.7. The van der Waals surface area contributed by atoms with E-state index in [1.165, 1.54) is 0 Å². The SMILES string of the molecule is CC(C)N(CCCC(=O)O)c1cc(F)c(Cl)cc1[N+](=O)[O-]. The molecule has 0 fully saturated rings. The van der Waals surface area contributed by atoms with Gasteiger partial charge < -0.3 is 10.0 Å². The van der Waals surface area contributed by atoms with Crippen LogP contribution in [-0.4, -0.2) is 28.6 Å². The molecule has 6 nitrogen and oxygen atoms in total. The molecule has 1 aromatic rings. The van der Waals surface area contributed by atoms with Crippen LogP contribution in [-0.2, 0) is 4.79 Å². The van der Waals surface area contributed by atoms with Crippen molar-refractivity contribution in [3.8, 4) is 0 Å². The minimum atomic E-state index is -0.949. The van der Waals surface area contributed by atoms with Crippen molar-refractivity contribution < 1.29 is 19.2 Å². The summed E-state index contributed by atoms with van der Waals surface area (Å²) in [7, 11) is 0. The first-order valence-corrected chi connectivity index (χ1v) is 6.73. The number of nitro benzene ring substituents is 1. The van der Waals surface area contributed by atoms with E-state index < -0.39 is 16.7 Å². The molecule has 0 aliphatic carbocycles. The third kappa shape index (κ3) is 4.56. The second-order valence-electron chi connectivity index (χ2n) is 4.80. The number of anilines is 1. The molecule has 0 spiro atoms. The van der Waals surface area contributed by atoms with Crippen LogP contribution < -0.4 is 4.90 Å². The van der Waals surface area contributed by atoms with Crippen LogP contribution in [0, 0.1) is 15.9 Å². The molecule has 0 atom stereocenters. The van der Waals surface area contributed by atoms with Gasteiger partial charge in [-0.1, -0.05) is 11.6 Å². The lowest BCUT2D eigenvalue weighted by molar-refractivity contribution is -0.384. The summed E-state index contributed by atoms with van der Waals surface area (Å²) in [6.07, 6.45) is 0.238. The van der Waals surface area contributed by atoms with Crippen molar-refractivity contribution in [3.63, 3.8) is 0 Å². The molecule has 0 saturated heterocycles. The quantitative estimate of drug-likeness (QED) is 0.614. The maximum absolute atomic E-state index is 13.6. The van der Waals surface area contributed by atoms with E-state index in [0.29, 0.717) is 6.42 Å². The molecule has 1 aromatic carbocycles. The van der Waals surface area contributed by atoms with Crippen LogP contribution in [0.15, 0.2) is 12.1 Å². The lowest BCUT2D eigenvalue weighted by atomic mass is 10.1. The molecular formula is C13H16ClFN2O4. The summed E-state index contributed by atoms with van der Waals surface area (Å²) in [6.45, 7) is 3.85. The molecule has 0 amide bonds. The minimum Gasteiger partial charge on any atom is -0.481 e. The van der Waals surface area contributed by atoms with Crippen molar-refractivity contribution in [1.82, 2.24) is 0 Å². The molecule has 0 aromatic heterocycles. The lowest BCUT2D eigenvalue weighted by Gasteiger charge is -2.28. The molecule has 0 bridgehead atoms. The van der Waals surface area contributed by atoms with Gasteiger partial charge in [0.1, 0.15) is 11.5 Å². The van der Waals surface area contributed by atoms with E-state index in [1.807, 2.05) is 0 Å². The number of carboxylic acids is 1. The largest absolute Gasteiger partial charge is 0.481 e. The van der Waals surface area contributed by atoms with Gasteiger partial charge >= 0.3 is 5.97 Å². The van der Waals surface area contributed by atoms with E-state index in [9.17, 15) is 19.3 Å². The van der Waals surface area contributed by atoms with Gasteiger partial charge in [0.25, 0.3) is 5.69 Å². The highest BCUT2D eigenvalue weighted by Crippen LogP contribution is 2.34. The van der Waals surface area contributed by atoms with E-state index in [0.717, 1.165) is 12.1 Å². The monoisotopic (exact) mass is 318 g/mol. The number of hydrogen-bond acceptors (Lipinski definition) is 4. The van der Waals surface area contributed by atoms with Crippen LogP contribution in [0.4, 0.5) is 15.8 Å². The van der Waals surface area contributed by atoms with Crippen molar-refractivity contribution in [2.75, 3.05) is 11.4 Å². The third-order valence-electron chi connectivity index (χ3n) is 2.94. The van der Waals surface area contributed by atoms with Gasteiger partial charge in [-0.3, -0.25) is 14.9 Å². The smallest absolute Gasteiger partial charge is 0.303 e. The number of nitrogens with zero attached hydrogens (tertiary/aromatic N) is 2. The van der Waals surface area contributed by atoms with Crippen molar-refractivity contribution in [3.05, 3.63) is 33.1 Å². The molecule has 0 aliphatic heterocycles. The van der Waals surface area contributed by atoms with Crippen LogP contribution in [0.2, 0.25) is 5.02 Å². The second kappa shape index (κ2) is 7.21. The first kappa shape index (κ1) is 17.2. The first-order valence-electron chi connectivity index (χ1n) is 6.36. The Morgan fingerprint density at radius 2 is 2.14 bits per heavy atom. The highest BCUT2D eigenvalue weighted by atomic mass is 35.5. The van der Waals surface area contributed by atoms with Gasteiger partial charge in [0.05, 0.1) is 9.95 Å². The number of nitro groups is 1. The fourth-order valence-electron chi connectivity index (χ4n) is 1.96. The van der Waals surface area contributed by atoms with E-state index >= 15 is 0 Å². The average Bonchev–Trinajstić information content (AvgIpc) is 2.36. The average molecular weight is 319 g/mol. The Balaban J connectivity index is 3.15. The fraction of sp³-hybridized carbons (Fsp3) is 0.462. The summed E-state index contributed by atoms with van der Waals surface area (Å²) < 4.78 is 13.6. The van der Waals surface area contributed by atoms with Crippen LogP contribution >= 0.6 is 11.6 Å². The second-order valence-corrected chi connectivity index (χ2v) is 5.20. The predicted octanol–water partition coefficient (Wildman–Crippen LogP) is 3.47. The highest BCUT2D eigenvalue weighted by Gasteiger charge is 2.24. The zero-order valence-corrected chi connectivity index (χ0v) is 12.4. The Labute approximate surface area is 126 Å². The van der Waals surface area contributed by atoms with Crippen LogP contribution in [0.25, 0.3) is 0 Å². The van der Waals surface area contributed by atoms with Crippen molar-refractivity contribution in [1.29, 1.82) is 0 Å². The van der Waals surface area contributed by atoms with E-state index in [2.05, 4.69) is 0 Å². The summed E-state index contributed by atoms with van der Waals surface area (Å²) in [5, 5.41) is 19.4. The molecule has 0 aliphatic rings. The highest BCUT2D eigenvalue weighted by molar-refractivity contribution is 6.31. The Bertz CT molecular complexity index is 551. The molecule has 0 saturated carbocycles. The standard InChI is InChI=1S/C13H16ClFN2O4/c1-8(2)16(5-3-4-13(18)19)11-7-10(15)9(14)6-12(11)17(20)21/h6-8H,3-5H2,1-2H3,(H,18,19). The minimum absolute atomic E-state index is 0.0624. The van der Waals surface area contributed by atoms with Crippen LogP contribution in [0.1, 0.15) is 26.7 Å². The molecule has 21 heavy (non-hydrogen) atoms. The van der Waals surface area contributed by atoms with Gasteiger partial charge in [0.15, 0.2) is 0 Å².